The van der Waals surface area contributed by atoms with Gasteiger partial charge in [0.25, 0.3) is 11.5 Å². The largest absolute Gasteiger partial charge is 0.497 e. The fraction of sp³-hybridized carbons (Fsp3) is 0.217. The molecule has 0 atom stereocenters. The van der Waals surface area contributed by atoms with E-state index in [-0.39, 0.29) is 22.8 Å². The van der Waals surface area contributed by atoms with Crippen molar-refractivity contribution in [3.63, 3.8) is 0 Å². The minimum absolute atomic E-state index is 0.152. The molecular formula is C23H21N7O5S. The predicted octanol–water partition coefficient (Wildman–Crippen LogP) is 2.30. The molecule has 1 amide bonds. The lowest BCUT2D eigenvalue weighted by molar-refractivity contribution is -0.389. The zero-order valence-corrected chi connectivity index (χ0v) is 20.0. The molecular weight excluding hydrogens is 486 g/mol. The fourth-order valence-electron chi connectivity index (χ4n) is 4.12. The first kappa shape index (κ1) is 23.2. The lowest BCUT2D eigenvalue weighted by Gasteiger charge is -2.35. The normalized spacial score (nSPS) is 13.7. The number of aromatic nitrogens is 3. The molecule has 36 heavy (non-hydrogen) atoms. The first-order chi connectivity index (χ1) is 17.4. The van der Waals surface area contributed by atoms with Crippen LogP contribution in [0.4, 0.5) is 16.5 Å². The number of ether oxygens (including phenoxy) is 1. The summed E-state index contributed by atoms with van der Waals surface area (Å²) < 4.78 is 6.38. The number of fused-ring (bicyclic) bond motifs is 1. The molecule has 0 bridgehead atoms. The van der Waals surface area contributed by atoms with Crippen molar-refractivity contribution in [2.24, 2.45) is 0 Å². The average Bonchev–Trinajstić information content (AvgIpc) is 3.31. The molecule has 0 radical (unpaired) electrons. The lowest BCUT2D eigenvalue weighted by Crippen LogP contribution is -2.49. The van der Waals surface area contributed by atoms with Crippen LogP contribution in [0.2, 0.25) is 0 Å². The Hall–Kier alpha value is -4.52. The average molecular weight is 508 g/mol. The number of rotatable bonds is 5. The van der Waals surface area contributed by atoms with Gasteiger partial charge in [0.1, 0.15) is 5.75 Å². The maximum absolute atomic E-state index is 13.6. The molecule has 1 aliphatic heterocycles. The second-order valence-corrected chi connectivity index (χ2v) is 8.97. The van der Waals surface area contributed by atoms with E-state index in [1.807, 2.05) is 4.90 Å². The second kappa shape index (κ2) is 9.26. The topological polar surface area (TPSA) is 150 Å². The van der Waals surface area contributed by atoms with Crippen LogP contribution < -0.4 is 20.9 Å². The number of carbonyl (C=O) groups is 1. The summed E-state index contributed by atoms with van der Waals surface area (Å²) in [6.45, 7) is 1.83. The van der Waals surface area contributed by atoms with Crippen LogP contribution in [-0.2, 0) is 0 Å². The van der Waals surface area contributed by atoms with Crippen molar-refractivity contribution in [2.45, 2.75) is 0 Å². The van der Waals surface area contributed by atoms with Crippen molar-refractivity contribution in [1.82, 2.24) is 19.7 Å². The standard InChI is InChI=1S/C23H21N7O5S/c1-35-16-5-2-14(3-6-16)29-22(31)19-17(13-36-21(19)24)20(26-29)23(32)28-10-8-27(9-11-28)15-4-7-18(25-12-15)30(33)34/h2-7,12-13H,8-11,24H2,1H3. The van der Waals surface area contributed by atoms with Gasteiger partial charge in [0.15, 0.2) is 11.9 Å². The van der Waals surface area contributed by atoms with Crippen LogP contribution in [0, 0.1) is 10.1 Å². The third kappa shape index (κ3) is 4.09. The molecule has 13 heteroatoms. The monoisotopic (exact) mass is 507 g/mol. The number of thiophene rings is 1. The van der Waals surface area contributed by atoms with E-state index in [0.29, 0.717) is 48.0 Å². The highest BCUT2D eigenvalue weighted by molar-refractivity contribution is 7.15. The van der Waals surface area contributed by atoms with Gasteiger partial charge in [0, 0.05) is 43.0 Å². The number of nitrogen functional groups attached to an aromatic ring is 1. The molecule has 12 nitrogen and oxygen atoms in total. The summed E-state index contributed by atoms with van der Waals surface area (Å²) in [7, 11) is 1.55. The minimum atomic E-state index is -0.545. The first-order valence-electron chi connectivity index (χ1n) is 11.0. The predicted molar refractivity (Wildman–Crippen MR) is 135 cm³/mol. The third-order valence-corrected chi connectivity index (χ3v) is 6.86. The summed E-state index contributed by atoms with van der Waals surface area (Å²) >= 11 is 1.19. The van der Waals surface area contributed by atoms with Crippen LogP contribution >= 0.6 is 11.3 Å². The quantitative estimate of drug-likeness (QED) is 0.317. The van der Waals surface area contributed by atoms with Crippen LogP contribution in [0.3, 0.4) is 0 Å². The third-order valence-electron chi connectivity index (χ3n) is 6.05. The first-order valence-corrected chi connectivity index (χ1v) is 11.8. The Balaban J connectivity index is 1.43. The summed E-state index contributed by atoms with van der Waals surface area (Å²) in [5.41, 5.74) is 7.08. The number of pyridine rings is 1. The van der Waals surface area contributed by atoms with Gasteiger partial charge in [-0.25, -0.2) is 0 Å². The van der Waals surface area contributed by atoms with Crippen molar-refractivity contribution < 1.29 is 14.5 Å². The Bertz CT molecular complexity index is 1510. The van der Waals surface area contributed by atoms with Gasteiger partial charge < -0.3 is 30.4 Å². The van der Waals surface area contributed by atoms with Gasteiger partial charge in [0.2, 0.25) is 0 Å². The highest BCUT2D eigenvalue weighted by atomic mass is 32.1. The van der Waals surface area contributed by atoms with Crippen molar-refractivity contribution in [3.8, 4) is 11.4 Å². The summed E-state index contributed by atoms with van der Waals surface area (Å²) in [5, 5.41) is 18.0. The molecule has 1 aromatic carbocycles. The van der Waals surface area contributed by atoms with E-state index in [1.165, 1.54) is 28.3 Å². The Labute approximate surface area is 208 Å². The van der Waals surface area contributed by atoms with Crippen LogP contribution in [0.5, 0.6) is 5.75 Å². The highest BCUT2D eigenvalue weighted by Crippen LogP contribution is 2.29. The zero-order chi connectivity index (χ0) is 25.4. The molecule has 2 N–H and O–H groups in total. The summed E-state index contributed by atoms with van der Waals surface area (Å²) in [6, 6.07) is 9.79. The second-order valence-electron chi connectivity index (χ2n) is 8.06. The Morgan fingerprint density at radius 3 is 2.42 bits per heavy atom. The number of nitro groups is 1. The molecule has 5 rings (SSSR count). The summed E-state index contributed by atoms with van der Waals surface area (Å²) in [6.07, 6.45) is 1.46. The van der Waals surface area contributed by atoms with Crippen LogP contribution in [0.1, 0.15) is 10.5 Å². The van der Waals surface area contributed by atoms with Gasteiger partial charge in [-0.3, -0.25) is 9.59 Å². The maximum atomic E-state index is 13.6. The molecule has 3 aromatic heterocycles. The number of amides is 1. The Morgan fingerprint density at radius 2 is 1.81 bits per heavy atom. The van der Waals surface area contributed by atoms with Gasteiger partial charge >= 0.3 is 5.82 Å². The van der Waals surface area contributed by atoms with Gasteiger partial charge in [0.05, 0.1) is 28.9 Å². The highest BCUT2D eigenvalue weighted by Gasteiger charge is 2.28. The Morgan fingerprint density at radius 1 is 1.11 bits per heavy atom. The van der Waals surface area contributed by atoms with E-state index in [4.69, 9.17) is 10.5 Å². The van der Waals surface area contributed by atoms with E-state index in [0.717, 1.165) is 5.69 Å². The van der Waals surface area contributed by atoms with Crippen molar-refractivity contribution in [3.05, 3.63) is 74.1 Å². The number of piperazine rings is 1. The van der Waals surface area contributed by atoms with Gasteiger partial charge in [-0.1, -0.05) is 0 Å². The minimum Gasteiger partial charge on any atom is -0.497 e. The van der Waals surface area contributed by atoms with E-state index < -0.39 is 10.5 Å². The molecule has 1 fully saturated rings. The smallest absolute Gasteiger partial charge is 0.363 e. The number of hydrogen-bond donors (Lipinski definition) is 1. The molecule has 1 aliphatic rings. The van der Waals surface area contributed by atoms with Crippen molar-refractivity contribution in [1.29, 1.82) is 0 Å². The van der Waals surface area contributed by atoms with Crippen molar-refractivity contribution in [2.75, 3.05) is 43.9 Å². The molecule has 4 heterocycles. The number of carbonyl (C=O) groups excluding carboxylic acids is 1. The van der Waals surface area contributed by atoms with Crippen molar-refractivity contribution >= 4 is 44.5 Å². The maximum Gasteiger partial charge on any atom is 0.363 e. The van der Waals surface area contributed by atoms with Crippen LogP contribution in [0.15, 0.2) is 52.8 Å². The Kier molecular flexibility index (Phi) is 5.98. The molecule has 0 unspecified atom stereocenters. The number of benzene rings is 1. The van der Waals surface area contributed by atoms with E-state index >= 15 is 0 Å². The van der Waals surface area contributed by atoms with E-state index in [9.17, 15) is 19.7 Å². The molecule has 0 saturated carbocycles. The lowest BCUT2D eigenvalue weighted by atomic mass is 10.2. The number of hydrogen-bond acceptors (Lipinski definition) is 10. The number of methoxy groups -OCH3 is 1. The molecule has 4 aromatic rings. The summed E-state index contributed by atoms with van der Waals surface area (Å²) in [5.74, 6) is 0.103. The number of nitrogens with zero attached hydrogens (tertiary/aromatic N) is 6. The molecule has 1 saturated heterocycles. The van der Waals surface area contributed by atoms with E-state index in [1.54, 1.807) is 47.7 Å². The molecule has 184 valence electrons. The number of anilines is 2. The number of nitrogens with two attached hydrogens (primary N) is 1. The van der Waals surface area contributed by atoms with Gasteiger partial charge in [-0.05, 0) is 40.2 Å². The van der Waals surface area contributed by atoms with Crippen LogP contribution in [-0.4, -0.2) is 63.8 Å². The SMILES string of the molecule is COc1ccc(-n2nc(C(=O)N3CCN(c4ccc([N+](=O)[O-])nc4)CC3)c3csc(N)c3c2=O)cc1. The molecule has 0 aliphatic carbocycles. The van der Waals surface area contributed by atoms with E-state index in [2.05, 4.69) is 10.1 Å². The van der Waals surface area contributed by atoms with Gasteiger partial charge in [-0.15, -0.1) is 11.3 Å². The van der Waals surface area contributed by atoms with Gasteiger partial charge in [-0.2, -0.15) is 9.78 Å². The summed E-state index contributed by atoms with van der Waals surface area (Å²) in [4.78, 5) is 44.6. The zero-order valence-electron chi connectivity index (χ0n) is 19.2. The fourth-order valence-corrected chi connectivity index (χ4v) is 4.91. The van der Waals surface area contributed by atoms with Crippen LogP contribution in [0.25, 0.3) is 16.5 Å². The molecule has 0 spiro atoms.